The SMILES string of the molecule is CCCC[Si](CCCC)(CCCC)Oc1cccc2c1ccc1ccccc12. The molecule has 3 aromatic rings. The van der Waals surface area contributed by atoms with Crippen LogP contribution in [-0.4, -0.2) is 8.32 Å². The highest BCUT2D eigenvalue weighted by molar-refractivity contribution is 6.74. The van der Waals surface area contributed by atoms with E-state index in [9.17, 15) is 0 Å². The summed E-state index contributed by atoms with van der Waals surface area (Å²) in [5.74, 6) is 1.12. The van der Waals surface area contributed by atoms with Crippen molar-refractivity contribution in [1.29, 1.82) is 0 Å². The van der Waals surface area contributed by atoms with E-state index in [2.05, 4.69) is 75.4 Å². The molecule has 0 heterocycles. The summed E-state index contributed by atoms with van der Waals surface area (Å²) in [5, 5.41) is 5.23. The molecule has 3 rings (SSSR count). The van der Waals surface area contributed by atoms with Crippen molar-refractivity contribution in [3.63, 3.8) is 0 Å². The molecule has 0 aromatic heterocycles. The molecular weight excluding hydrogens is 356 g/mol. The van der Waals surface area contributed by atoms with E-state index in [0.29, 0.717) is 0 Å². The molecule has 28 heavy (non-hydrogen) atoms. The lowest BCUT2D eigenvalue weighted by atomic mass is 10.0. The Kier molecular flexibility index (Phi) is 7.55. The van der Waals surface area contributed by atoms with Gasteiger partial charge in [-0.05, 0) is 40.4 Å². The Morgan fingerprint density at radius 2 is 1.21 bits per heavy atom. The number of hydrogen-bond acceptors (Lipinski definition) is 1. The van der Waals surface area contributed by atoms with E-state index in [-0.39, 0.29) is 0 Å². The molecule has 0 radical (unpaired) electrons. The van der Waals surface area contributed by atoms with Gasteiger partial charge in [0.1, 0.15) is 5.75 Å². The highest BCUT2D eigenvalue weighted by atomic mass is 28.4. The normalized spacial score (nSPS) is 12.0. The summed E-state index contributed by atoms with van der Waals surface area (Å²) in [4.78, 5) is 0. The minimum atomic E-state index is -1.78. The molecule has 150 valence electrons. The Balaban J connectivity index is 2.03. The van der Waals surface area contributed by atoms with Crippen LogP contribution >= 0.6 is 0 Å². The molecule has 0 aliphatic carbocycles. The lowest BCUT2D eigenvalue weighted by Crippen LogP contribution is -2.41. The zero-order chi connectivity index (χ0) is 19.8. The van der Waals surface area contributed by atoms with E-state index >= 15 is 0 Å². The van der Waals surface area contributed by atoms with Crippen LogP contribution in [0.2, 0.25) is 18.1 Å². The van der Waals surface area contributed by atoms with Crippen LogP contribution < -0.4 is 4.43 Å². The third-order valence-electron chi connectivity index (χ3n) is 6.03. The molecule has 0 aliphatic rings. The quantitative estimate of drug-likeness (QED) is 0.234. The van der Waals surface area contributed by atoms with Gasteiger partial charge in [0.2, 0.25) is 0 Å². The summed E-state index contributed by atoms with van der Waals surface area (Å²) in [7, 11) is -1.78. The summed E-state index contributed by atoms with van der Waals surface area (Å²) in [5.41, 5.74) is 0. The van der Waals surface area contributed by atoms with Gasteiger partial charge in [-0.2, -0.15) is 0 Å². The maximum atomic E-state index is 7.11. The van der Waals surface area contributed by atoms with Crippen LogP contribution in [0.5, 0.6) is 5.75 Å². The number of hydrogen-bond donors (Lipinski definition) is 0. The van der Waals surface area contributed by atoms with E-state index in [1.54, 1.807) is 0 Å². The van der Waals surface area contributed by atoms with Gasteiger partial charge in [0.15, 0.2) is 0 Å². The van der Waals surface area contributed by atoms with Gasteiger partial charge < -0.3 is 4.43 Å². The van der Waals surface area contributed by atoms with Crippen molar-refractivity contribution in [2.75, 3.05) is 0 Å². The van der Waals surface area contributed by atoms with Crippen LogP contribution in [0.1, 0.15) is 59.3 Å². The molecule has 0 aliphatic heterocycles. The highest BCUT2D eigenvalue weighted by Gasteiger charge is 2.35. The van der Waals surface area contributed by atoms with Crippen molar-refractivity contribution in [2.45, 2.75) is 77.4 Å². The van der Waals surface area contributed by atoms with Crippen LogP contribution in [0.15, 0.2) is 54.6 Å². The average molecular weight is 393 g/mol. The van der Waals surface area contributed by atoms with Gasteiger partial charge in [-0.15, -0.1) is 0 Å². The molecule has 0 spiro atoms. The molecule has 0 fully saturated rings. The Morgan fingerprint density at radius 1 is 0.607 bits per heavy atom. The lowest BCUT2D eigenvalue weighted by Gasteiger charge is -2.33. The summed E-state index contributed by atoms with van der Waals surface area (Å²) in [6.07, 6.45) is 7.68. The largest absolute Gasteiger partial charge is 0.543 e. The molecule has 0 N–H and O–H groups in total. The van der Waals surface area contributed by atoms with Gasteiger partial charge >= 0.3 is 0 Å². The first-order valence-electron chi connectivity index (χ1n) is 11.3. The summed E-state index contributed by atoms with van der Waals surface area (Å²) >= 11 is 0. The molecule has 0 saturated carbocycles. The van der Waals surface area contributed by atoms with Gasteiger partial charge in [0.05, 0.1) is 0 Å². The maximum absolute atomic E-state index is 7.11. The average Bonchev–Trinajstić information content (AvgIpc) is 2.74. The van der Waals surface area contributed by atoms with E-state index < -0.39 is 8.32 Å². The third-order valence-corrected chi connectivity index (χ3v) is 10.5. The topological polar surface area (TPSA) is 9.23 Å². The fourth-order valence-corrected chi connectivity index (χ4v) is 9.05. The molecule has 1 nitrogen and oxygen atoms in total. The fourth-order valence-electron chi connectivity index (χ4n) is 4.36. The molecule has 2 heteroatoms. The molecule has 0 saturated heterocycles. The van der Waals surface area contributed by atoms with Gasteiger partial charge in [0, 0.05) is 5.39 Å². The predicted molar refractivity (Wildman–Crippen MR) is 127 cm³/mol. The van der Waals surface area contributed by atoms with Crippen LogP contribution in [0.3, 0.4) is 0 Å². The monoisotopic (exact) mass is 392 g/mol. The predicted octanol–water partition coefficient (Wildman–Crippen LogP) is 8.72. The van der Waals surface area contributed by atoms with Gasteiger partial charge in [-0.3, -0.25) is 0 Å². The van der Waals surface area contributed by atoms with Crippen molar-refractivity contribution < 1.29 is 4.43 Å². The Hall–Kier alpha value is -1.80. The first kappa shape index (κ1) is 20.9. The molecular formula is C26H36OSi. The Morgan fingerprint density at radius 3 is 1.86 bits per heavy atom. The van der Waals surface area contributed by atoms with Crippen molar-refractivity contribution >= 4 is 29.9 Å². The second kappa shape index (κ2) is 10.1. The summed E-state index contributed by atoms with van der Waals surface area (Å²) in [6.45, 7) is 6.93. The van der Waals surface area contributed by atoms with Gasteiger partial charge in [-0.1, -0.05) is 108 Å². The highest BCUT2D eigenvalue weighted by Crippen LogP contribution is 2.37. The summed E-state index contributed by atoms with van der Waals surface area (Å²) in [6, 6.07) is 23.7. The second-order valence-corrected chi connectivity index (χ2v) is 12.3. The number of fused-ring (bicyclic) bond motifs is 3. The number of benzene rings is 3. The zero-order valence-corrected chi connectivity index (χ0v) is 19.0. The van der Waals surface area contributed by atoms with Crippen molar-refractivity contribution in [2.24, 2.45) is 0 Å². The standard InChI is InChI=1S/C26H36OSi/c1-4-7-19-28(20-8-5-2,21-9-6-3)27-26-16-12-15-24-23-14-11-10-13-22(23)17-18-25(24)26/h10-18H,4-9,19-21H2,1-3H3. The third kappa shape index (κ3) is 4.78. The molecule has 0 bridgehead atoms. The van der Waals surface area contributed by atoms with Crippen molar-refractivity contribution in [1.82, 2.24) is 0 Å². The maximum Gasteiger partial charge on any atom is 0.251 e. The lowest BCUT2D eigenvalue weighted by molar-refractivity contribution is 0.516. The van der Waals surface area contributed by atoms with E-state index in [4.69, 9.17) is 4.43 Å². The number of rotatable bonds is 11. The smallest absolute Gasteiger partial charge is 0.251 e. The van der Waals surface area contributed by atoms with Crippen LogP contribution in [-0.2, 0) is 0 Å². The minimum absolute atomic E-state index is 1.12. The van der Waals surface area contributed by atoms with E-state index in [1.165, 1.54) is 78.2 Å². The van der Waals surface area contributed by atoms with Crippen LogP contribution in [0.4, 0.5) is 0 Å². The van der Waals surface area contributed by atoms with E-state index in [1.807, 2.05) is 0 Å². The van der Waals surface area contributed by atoms with Crippen molar-refractivity contribution in [3.05, 3.63) is 54.6 Å². The Labute approximate surface area is 172 Å². The Bertz CT molecular complexity index is 864. The van der Waals surface area contributed by atoms with Crippen LogP contribution in [0, 0.1) is 0 Å². The summed E-state index contributed by atoms with van der Waals surface area (Å²) < 4.78 is 7.11. The molecule has 0 amide bonds. The zero-order valence-electron chi connectivity index (χ0n) is 18.0. The molecule has 0 unspecified atom stereocenters. The molecule has 0 atom stereocenters. The van der Waals surface area contributed by atoms with Crippen molar-refractivity contribution in [3.8, 4) is 5.75 Å². The second-order valence-electron chi connectivity index (χ2n) is 8.23. The molecule has 3 aromatic carbocycles. The number of unbranched alkanes of at least 4 members (excludes halogenated alkanes) is 3. The van der Waals surface area contributed by atoms with Gasteiger partial charge in [0.25, 0.3) is 8.32 Å². The van der Waals surface area contributed by atoms with Gasteiger partial charge in [-0.25, -0.2) is 0 Å². The van der Waals surface area contributed by atoms with E-state index in [0.717, 1.165) is 5.75 Å². The van der Waals surface area contributed by atoms with Crippen LogP contribution in [0.25, 0.3) is 21.5 Å². The fraction of sp³-hybridized carbons (Fsp3) is 0.462. The first-order valence-corrected chi connectivity index (χ1v) is 13.9. The minimum Gasteiger partial charge on any atom is -0.543 e. The first-order chi connectivity index (χ1) is 13.7.